The van der Waals surface area contributed by atoms with Crippen molar-refractivity contribution in [3.05, 3.63) is 0 Å². The summed E-state index contributed by atoms with van der Waals surface area (Å²) >= 11 is 0. The highest BCUT2D eigenvalue weighted by atomic mass is 14.5. The molecule has 0 aliphatic heterocycles. The molecule has 0 N–H and O–H groups in total. The zero-order valence-electron chi connectivity index (χ0n) is 9.64. The number of rotatable bonds is 1. The van der Waals surface area contributed by atoms with Gasteiger partial charge in [0.15, 0.2) is 0 Å². The fraction of sp³-hybridized carbons (Fsp3) is 1.00. The molecule has 2 rings (SSSR count). The first kappa shape index (κ1) is 9.55. The first-order valence-electron chi connectivity index (χ1n) is 6.07. The molecule has 0 saturated heterocycles. The van der Waals surface area contributed by atoms with Crippen LogP contribution >= 0.6 is 0 Å². The Labute approximate surface area is 83.1 Å². The third kappa shape index (κ3) is 1.33. The minimum atomic E-state index is 0.704. The lowest BCUT2D eigenvalue weighted by atomic mass is 9.65. The van der Waals surface area contributed by atoms with Gasteiger partial charge in [-0.05, 0) is 48.3 Å². The van der Waals surface area contributed by atoms with Gasteiger partial charge in [-0.25, -0.2) is 0 Å². The van der Waals surface area contributed by atoms with Crippen LogP contribution in [0.4, 0.5) is 0 Å². The molecule has 0 heterocycles. The molecular formula is C13H24. The minimum absolute atomic E-state index is 0.704. The number of hydrogen-bond donors (Lipinski definition) is 0. The normalized spacial score (nSPS) is 55.4. The number of hydrogen-bond acceptors (Lipinski definition) is 0. The molecule has 0 heteroatoms. The molecule has 5 unspecified atom stereocenters. The lowest BCUT2D eigenvalue weighted by molar-refractivity contribution is 0.0980. The quantitative estimate of drug-likeness (QED) is 0.570. The van der Waals surface area contributed by atoms with E-state index in [0.29, 0.717) is 5.41 Å². The molecule has 2 saturated carbocycles. The zero-order valence-corrected chi connectivity index (χ0v) is 9.64. The second kappa shape index (κ2) is 3.00. The topological polar surface area (TPSA) is 0 Å². The fourth-order valence-corrected chi connectivity index (χ4v) is 4.13. The summed E-state index contributed by atoms with van der Waals surface area (Å²) in [6, 6.07) is 0. The van der Waals surface area contributed by atoms with Crippen molar-refractivity contribution in [1.82, 2.24) is 0 Å². The van der Waals surface area contributed by atoms with Gasteiger partial charge >= 0.3 is 0 Å². The first-order chi connectivity index (χ1) is 6.07. The summed E-state index contributed by atoms with van der Waals surface area (Å²) in [5, 5.41) is 0. The Morgan fingerprint density at radius 2 is 1.92 bits per heavy atom. The molecule has 0 aromatic carbocycles. The summed E-state index contributed by atoms with van der Waals surface area (Å²) in [6.45, 7) is 9.87. The van der Waals surface area contributed by atoms with Crippen molar-refractivity contribution < 1.29 is 0 Å². The molecule has 2 fully saturated rings. The lowest BCUT2D eigenvalue weighted by Gasteiger charge is -2.40. The molecule has 5 atom stereocenters. The maximum absolute atomic E-state index is 2.53. The average Bonchev–Trinajstić information content (AvgIpc) is 2.34. The second-order valence-corrected chi connectivity index (χ2v) is 6.01. The standard InChI is InChI=1S/C13H24/c1-5-11-6-10(3)13(4)7-9(2)12(11)8-13/h9-12H,5-8H2,1-4H3. The molecule has 0 aromatic rings. The van der Waals surface area contributed by atoms with Crippen LogP contribution < -0.4 is 0 Å². The molecule has 0 aromatic heterocycles. The van der Waals surface area contributed by atoms with Crippen molar-refractivity contribution in [2.75, 3.05) is 0 Å². The van der Waals surface area contributed by atoms with E-state index >= 15 is 0 Å². The van der Waals surface area contributed by atoms with Crippen LogP contribution in [0.1, 0.15) is 53.4 Å². The van der Waals surface area contributed by atoms with Crippen molar-refractivity contribution in [3.63, 3.8) is 0 Å². The van der Waals surface area contributed by atoms with Gasteiger partial charge in [0.2, 0.25) is 0 Å². The van der Waals surface area contributed by atoms with E-state index in [0.717, 1.165) is 23.7 Å². The van der Waals surface area contributed by atoms with Gasteiger partial charge in [0, 0.05) is 0 Å². The van der Waals surface area contributed by atoms with Gasteiger partial charge < -0.3 is 0 Å². The highest BCUT2D eigenvalue weighted by Gasteiger charge is 2.49. The molecule has 0 nitrogen and oxygen atoms in total. The van der Waals surface area contributed by atoms with Crippen LogP contribution in [0.15, 0.2) is 0 Å². The monoisotopic (exact) mass is 180 g/mol. The Hall–Kier alpha value is 0. The predicted molar refractivity (Wildman–Crippen MR) is 57.6 cm³/mol. The summed E-state index contributed by atoms with van der Waals surface area (Å²) in [5.41, 5.74) is 0.704. The third-order valence-electron chi connectivity index (χ3n) is 5.20. The van der Waals surface area contributed by atoms with Crippen LogP contribution in [-0.2, 0) is 0 Å². The van der Waals surface area contributed by atoms with Crippen molar-refractivity contribution in [3.8, 4) is 0 Å². The predicted octanol–water partition coefficient (Wildman–Crippen LogP) is 4.10. The van der Waals surface area contributed by atoms with Gasteiger partial charge in [-0.2, -0.15) is 0 Å². The average molecular weight is 180 g/mol. The van der Waals surface area contributed by atoms with Crippen LogP contribution in [0, 0.1) is 29.1 Å². The van der Waals surface area contributed by atoms with Crippen molar-refractivity contribution in [2.24, 2.45) is 29.1 Å². The fourth-order valence-electron chi connectivity index (χ4n) is 4.13. The molecule has 0 spiro atoms. The van der Waals surface area contributed by atoms with E-state index in [1.807, 2.05) is 0 Å². The summed E-state index contributed by atoms with van der Waals surface area (Å²) in [4.78, 5) is 0. The SMILES string of the molecule is CCC1CC(C)C2(C)CC(C)C1C2. The molecule has 13 heavy (non-hydrogen) atoms. The highest BCUT2D eigenvalue weighted by Crippen LogP contribution is 2.59. The Balaban J connectivity index is 2.20. The van der Waals surface area contributed by atoms with E-state index in [2.05, 4.69) is 27.7 Å². The van der Waals surface area contributed by atoms with Gasteiger partial charge in [0.05, 0.1) is 0 Å². The van der Waals surface area contributed by atoms with Crippen LogP contribution in [-0.4, -0.2) is 0 Å². The van der Waals surface area contributed by atoms with Gasteiger partial charge in [-0.15, -0.1) is 0 Å². The Kier molecular flexibility index (Phi) is 2.20. The maximum Gasteiger partial charge on any atom is -0.0295 e. The summed E-state index contributed by atoms with van der Waals surface area (Å²) in [6.07, 6.45) is 5.93. The molecule has 0 radical (unpaired) electrons. The van der Waals surface area contributed by atoms with Crippen LogP contribution in [0.3, 0.4) is 0 Å². The van der Waals surface area contributed by atoms with Crippen LogP contribution in [0.5, 0.6) is 0 Å². The van der Waals surface area contributed by atoms with Crippen molar-refractivity contribution in [1.29, 1.82) is 0 Å². The summed E-state index contributed by atoms with van der Waals surface area (Å²) < 4.78 is 0. The number of fused-ring (bicyclic) bond motifs is 2. The van der Waals surface area contributed by atoms with E-state index in [9.17, 15) is 0 Å². The molecule has 2 aliphatic carbocycles. The first-order valence-corrected chi connectivity index (χ1v) is 6.07. The minimum Gasteiger partial charge on any atom is -0.0651 e. The second-order valence-electron chi connectivity index (χ2n) is 6.01. The molecule has 76 valence electrons. The smallest absolute Gasteiger partial charge is 0.0295 e. The van der Waals surface area contributed by atoms with E-state index < -0.39 is 0 Å². The molecule has 0 amide bonds. The van der Waals surface area contributed by atoms with Crippen molar-refractivity contribution in [2.45, 2.75) is 53.4 Å². The van der Waals surface area contributed by atoms with Gasteiger partial charge in [-0.3, -0.25) is 0 Å². The van der Waals surface area contributed by atoms with E-state index in [4.69, 9.17) is 0 Å². The van der Waals surface area contributed by atoms with Gasteiger partial charge in [0.1, 0.15) is 0 Å². The summed E-state index contributed by atoms with van der Waals surface area (Å²) in [5.74, 6) is 4.07. The van der Waals surface area contributed by atoms with E-state index in [-0.39, 0.29) is 0 Å². The van der Waals surface area contributed by atoms with Crippen molar-refractivity contribution >= 4 is 0 Å². The van der Waals surface area contributed by atoms with Crippen LogP contribution in [0.2, 0.25) is 0 Å². The Morgan fingerprint density at radius 1 is 1.23 bits per heavy atom. The Bertz CT molecular complexity index is 196. The lowest BCUT2D eigenvalue weighted by Crippen LogP contribution is -2.31. The van der Waals surface area contributed by atoms with Gasteiger partial charge in [-0.1, -0.05) is 34.1 Å². The largest absolute Gasteiger partial charge is 0.0651 e. The molecular weight excluding hydrogens is 156 g/mol. The molecule has 2 aliphatic rings. The highest BCUT2D eigenvalue weighted by molar-refractivity contribution is 4.99. The van der Waals surface area contributed by atoms with E-state index in [1.54, 1.807) is 0 Å². The molecule has 2 bridgehead atoms. The maximum atomic E-state index is 2.53. The summed E-state index contributed by atoms with van der Waals surface area (Å²) in [7, 11) is 0. The Morgan fingerprint density at radius 3 is 2.54 bits per heavy atom. The van der Waals surface area contributed by atoms with Gasteiger partial charge in [0.25, 0.3) is 0 Å². The zero-order chi connectivity index (χ0) is 9.64. The van der Waals surface area contributed by atoms with Crippen LogP contribution in [0.25, 0.3) is 0 Å². The van der Waals surface area contributed by atoms with E-state index in [1.165, 1.54) is 25.7 Å². The third-order valence-corrected chi connectivity index (χ3v) is 5.20.